The third-order valence-electron chi connectivity index (χ3n) is 5.93. The third-order valence-corrected chi connectivity index (χ3v) is 5.93. The molecule has 3 aromatic rings. The Morgan fingerprint density at radius 3 is 2.38 bits per heavy atom. The number of methoxy groups -OCH3 is 1. The van der Waals surface area contributed by atoms with Crippen LogP contribution < -0.4 is 10.1 Å². The Bertz CT molecular complexity index is 1160. The van der Waals surface area contributed by atoms with Gasteiger partial charge in [0.15, 0.2) is 11.2 Å². The Morgan fingerprint density at radius 2 is 1.75 bits per heavy atom. The van der Waals surface area contributed by atoms with E-state index < -0.39 is 17.4 Å². The Hall–Kier alpha value is -3.68. The molecule has 0 fully saturated rings. The van der Waals surface area contributed by atoms with Gasteiger partial charge in [-0.15, -0.1) is 0 Å². The molecular formula is C24H24FN3O4. The van der Waals surface area contributed by atoms with E-state index >= 15 is 0 Å². The van der Waals surface area contributed by atoms with Crippen LogP contribution >= 0.6 is 0 Å². The lowest BCUT2D eigenvalue weighted by Crippen LogP contribution is -2.49. The number of hydrogen-bond donors (Lipinski definition) is 2. The molecule has 7 nitrogen and oxygen atoms in total. The number of carboxylic acids is 1. The Balaban J connectivity index is 1.71. The minimum atomic E-state index is -1.66. The second-order valence-electron chi connectivity index (χ2n) is 7.98. The highest BCUT2D eigenvalue weighted by Crippen LogP contribution is 2.29. The van der Waals surface area contributed by atoms with E-state index in [1.165, 1.54) is 26.2 Å². The number of aliphatic carboxylic acids is 1. The predicted molar refractivity (Wildman–Crippen MR) is 116 cm³/mol. The fourth-order valence-electron chi connectivity index (χ4n) is 4.04. The molecule has 2 aromatic carbocycles. The van der Waals surface area contributed by atoms with Crippen LogP contribution in [0.15, 0.2) is 48.5 Å². The summed E-state index contributed by atoms with van der Waals surface area (Å²) >= 11 is 0. The largest absolute Gasteiger partial charge is 0.497 e. The Kier molecular flexibility index (Phi) is 5.69. The molecule has 1 aromatic heterocycles. The first-order chi connectivity index (χ1) is 15.3. The number of nitrogens with one attached hydrogen (secondary N) is 1. The average Bonchev–Trinajstić information content (AvgIpc) is 3.19. The molecule has 166 valence electrons. The third kappa shape index (κ3) is 3.84. The van der Waals surface area contributed by atoms with E-state index in [2.05, 4.69) is 10.4 Å². The van der Waals surface area contributed by atoms with Crippen molar-refractivity contribution in [2.24, 2.45) is 0 Å². The summed E-state index contributed by atoms with van der Waals surface area (Å²) < 4.78 is 20.2. The van der Waals surface area contributed by atoms with E-state index in [1.54, 1.807) is 41.1 Å². The minimum Gasteiger partial charge on any atom is -0.497 e. The van der Waals surface area contributed by atoms with Gasteiger partial charge >= 0.3 is 5.97 Å². The lowest BCUT2D eigenvalue weighted by Gasteiger charge is -2.27. The van der Waals surface area contributed by atoms with E-state index in [9.17, 15) is 19.1 Å². The number of carbonyl (C=O) groups excluding carboxylic acids is 1. The number of fused-ring (bicyclic) bond motifs is 1. The maximum absolute atomic E-state index is 13.4. The molecule has 0 aliphatic heterocycles. The van der Waals surface area contributed by atoms with Crippen LogP contribution in [0, 0.1) is 5.82 Å². The van der Waals surface area contributed by atoms with Crippen LogP contribution in [0.3, 0.4) is 0 Å². The van der Waals surface area contributed by atoms with Gasteiger partial charge in [0.2, 0.25) is 0 Å². The van der Waals surface area contributed by atoms with Crippen molar-refractivity contribution in [1.29, 1.82) is 0 Å². The van der Waals surface area contributed by atoms with Gasteiger partial charge in [-0.05, 0) is 74.6 Å². The van der Waals surface area contributed by atoms with Crippen molar-refractivity contribution in [3.8, 4) is 11.4 Å². The Morgan fingerprint density at radius 1 is 1.09 bits per heavy atom. The molecule has 1 aliphatic carbocycles. The second-order valence-corrected chi connectivity index (χ2v) is 7.98. The first-order valence-electron chi connectivity index (χ1n) is 10.4. The summed E-state index contributed by atoms with van der Waals surface area (Å²) in [6.45, 7) is 1.44. The topological polar surface area (TPSA) is 93.5 Å². The van der Waals surface area contributed by atoms with Crippen LogP contribution in [0.4, 0.5) is 4.39 Å². The summed E-state index contributed by atoms with van der Waals surface area (Å²) in [5.41, 5.74) is 1.30. The Labute approximate surface area is 184 Å². The molecule has 1 atom stereocenters. The molecule has 2 N–H and O–H groups in total. The molecule has 0 bridgehead atoms. The molecule has 1 aliphatic rings. The number of rotatable bonds is 6. The van der Waals surface area contributed by atoms with Crippen molar-refractivity contribution >= 4 is 11.9 Å². The minimum absolute atomic E-state index is 0.199. The van der Waals surface area contributed by atoms with Gasteiger partial charge in [-0.2, -0.15) is 5.10 Å². The van der Waals surface area contributed by atoms with Crippen molar-refractivity contribution in [2.75, 3.05) is 7.11 Å². The second kappa shape index (κ2) is 8.45. The fourth-order valence-corrected chi connectivity index (χ4v) is 4.04. The molecule has 0 saturated carbocycles. The quantitative estimate of drug-likeness (QED) is 0.614. The zero-order chi connectivity index (χ0) is 22.9. The highest BCUT2D eigenvalue weighted by atomic mass is 19.1. The average molecular weight is 437 g/mol. The number of halogens is 1. The maximum atomic E-state index is 13.4. The number of amides is 1. The van der Waals surface area contributed by atoms with Gasteiger partial charge in [0.25, 0.3) is 5.91 Å². The van der Waals surface area contributed by atoms with E-state index in [0.29, 0.717) is 23.4 Å². The molecule has 0 spiro atoms. The summed E-state index contributed by atoms with van der Waals surface area (Å²) in [5, 5.41) is 17.1. The first kappa shape index (κ1) is 21.5. The molecule has 1 amide bonds. The number of aromatic nitrogens is 2. The molecular weight excluding hydrogens is 413 g/mol. The van der Waals surface area contributed by atoms with Crippen molar-refractivity contribution in [3.05, 3.63) is 76.9 Å². The van der Waals surface area contributed by atoms with E-state index in [1.807, 2.05) is 0 Å². The number of benzene rings is 2. The number of nitrogens with zero attached hydrogens (tertiary/aromatic N) is 2. The van der Waals surface area contributed by atoms with Crippen molar-refractivity contribution in [2.45, 2.75) is 38.1 Å². The van der Waals surface area contributed by atoms with Crippen molar-refractivity contribution in [3.63, 3.8) is 0 Å². The summed E-state index contributed by atoms with van der Waals surface area (Å²) in [6, 6.07) is 12.4. The predicted octanol–water partition coefficient (Wildman–Crippen LogP) is 3.63. The van der Waals surface area contributed by atoms with Crippen LogP contribution in [0.25, 0.3) is 5.69 Å². The van der Waals surface area contributed by atoms with Crippen LogP contribution in [-0.2, 0) is 23.2 Å². The molecule has 1 unspecified atom stereocenters. The zero-order valence-electron chi connectivity index (χ0n) is 17.9. The van der Waals surface area contributed by atoms with Gasteiger partial charge in [-0.25, -0.2) is 13.9 Å². The van der Waals surface area contributed by atoms with Crippen LogP contribution in [0.1, 0.15) is 47.1 Å². The van der Waals surface area contributed by atoms with Gasteiger partial charge in [0, 0.05) is 11.3 Å². The standard InChI is InChI=1S/C24H24FN3O4/c1-24(23(30)31,15-7-13-18(32-2)14-8-15)26-22(29)21-19-5-3-4-6-20(19)28(27-21)17-11-9-16(25)10-12-17/h7-14H,3-6H2,1-2H3,(H,26,29)(H,30,31). The molecule has 32 heavy (non-hydrogen) atoms. The molecule has 1 heterocycles. The first-order valence-corrected chi connectivity index (χ1v) is 10.4. The lowest BCUT2D eigenvalue weighted by atomic mass is 9.91. The lowest BCUT2D eigenvalue weighted by molar-refractivity contribution is -0.144. The molecule has 0 saturated heterocycles. The monoisotopic (exact) mass is 437 g/mol. The van der Waals surface area contributed by atoms with E-state index in [0.717, 1.165) is 30.5 Å². The van der Waals surface area contributed by atoms with E-state index in [-0.39, 0.29) is 11.5 Å². The van der Waals surface area contributed by atoms with Gasteiger partial charge in [-0.3, -0.25) is 4.79 Å². The van der Waals surface area contributed by atoms with Gasteiger partial charge in [0.05, 0.1) is 12.8 Å². The maximum Gasteiger partial charge on any atom is 0.333 e. The normalized spacial score (nSPS) is 14.8. The van der Waals surface area contributed by atoms with Crippen LogP contribution in [-0.4, -0.2) is 33.9 Å². The molecule has 0 radical (unpaired) electrons. The van der Waals surface area contributed by atoms with Crippen molar-refractivity contribution < 1.29 is 23.8 Å². The highest BCUT2D eigenvalue weighted by Gasteiger charge is 2.39. The number of carboxylic acid groups (broad SMARTS) is 1. The van der Waals surface area contributed by atoms with Gasteiger partial charge < -0.3 is 15.2 Å². The van der Waals surface area contributed by atoms with Crippen LogP contribution in [0.2, 0.25) is 0 Å². The summed E-state index contributed by atoms with van der Waals surface area (Å²) in [6.07, 6.45) is 3.28. The fraction of sp³-hybridized carbons (Fsp3) is 0.292. The van der Waals surface area contributed by atoms with Gasteiger partial charge in [0.1, 0.15) is 11.6 Å². The van der Waals surface area contributed by atoms with Crippen molar-refractivity contribution in [1.82, 2.24) is 15.1 Å². The SMILES string of the molecule is COc1ccc(C(C)(NC(=O)c2nn(-c3ccc(F)cc3)c3c2CCCC3)C(=O)O)cc1. The summed E-state index contributed by atoms with van der Waals surface area (Å²) in [4.78, 5) is 25.5. The highest BCUT2D eigenvalue weighted by molar-refractivity contribution is 5.98. The smallest absolute Gasteiger partial charge is 0.333 e. The van der Waals surface area contributed by atoms with Gasteiger partial charge in [-0.1, -0.05) is 12.1 Å². The number of hydrogen-bond acceptors (Lipinski definition) is 4. The van der Waals surface area contributed by atoms with Crippen LogP contribution in [0.5, 0.6) is 5.75 Å². The summed E-state index contributed by atoms with van der Waals surface area (Å²) in [5.74, 6) is -1.53. The van der Waals surface area contributed by atoms with E-state index in [4.69, 9.17) is 4.74 Å². The molecule has 8 heteroatoms. The zero-order valence-corrected chi connectivity index (χ0v) is 17.9. The molecule has 4 rings (SSSR count). The number of ether oxygens (including phenoxy) is 1. The summed E-state index contributed by atoms with van der Waals surface area (Å²) in [7, 11) is 1.52. The number of carbonyl (C=O) groups is 2.